The first-order valence-electron chi connectivity index (χ1n) is 11.4. The number of fused-ring (bicyclic) bond motifs is 5. The van der Waals surface area contributed by atoms with Gasteiger partial charge in [0.1, 0.15) is 12.8 Å². The molecule has 2 heteroatoms. The van der Waals surface area contributed by atoms with Crippen molar-refractivity contribution in [1.82, 2.24) is 0 Å². The van der Waals surface area contributed by atoms with E-state index in [2.05, 4.69) is 106 Å². The fraction of sp³-hybridized carbons (Fsp3) is 0.233. The topological polar surface area (TPSA) is 13.1 Å². The van der Waals surface area contributed by atoms with Crippen LogP contribution in [0.15, 0.2) is 66.7 Å². The molecule has 1 aliphatic heterocycles. The molecular formula is C30H28NO+. The summed E-state index contributed by atoms with van der Waals surface area (Å²) in [7, 11) is 2.19. The monoisotopic (exact) mass is 418 g/mol. The van der Waals surface area contributed by atoms with Gasteiger partial charge in [0.05, 0.1) is 10.9 Å². The Morgan fingerprint density at radius 2 is 1.56 bits per heavy atom. The average Bonchev–Trinajstić information content (AvgIpc) is 2.77. The molecule has 1 aromatic heterocycles. The summed E-state index contributed by atoms with van der Waals surface area (Å²) in [6.45, 7) is 9.15. The highest BCUT2D eigenvalue weighted by atomic mass is 16.5. The minimum atomic E-state index is 0.124. The second-order valence-corrected chi connectivity index (χ2v) is 10.3. The van der Waals surface area contributed by atoms with Crippen LogP contribution in [0.3, 0.4) is 0 Å². The van der Waals surface area contributed by atoms with Gasteiger partial charge in [-0.15, -0.1) is 0 Å². The van der Waals surface area contributed by atoms with Gasteiger partial charge >= 0.3 is 0 Å². The van der Waals surface area contributed by atoms with Gasteiger partial charge in [-0.1, -0.05) is 69.3 Å². The summed E-state index contributed by atoms with van der Waals surface area (Å²) in [6.07, 6.45) is 0.942. The first-order chi connectivity index (χ1) is 15.3. The van der Waals surface area contributed by atoms with Crippen molar-refractivity contribution < 1.29 is 9.30 Å². The molecule has 0 spiro atoms. The maximum Gasteiger partial charge on any atom is 0.257 e. The second kappa shape index (κ2) is 6.56. The van der Waals surface area contributed by atoms with Crippen molar-refractivity contribution in [3.63, 3.8) is 0 Å². The van der Waals surface area contributed by atoms with Crippen LogP contribution in [0.25, 0.3) is 43.7 Å². The second-order valence-electron chi connectivity index (χ2n) is 10.3. The summed E-state index contributed by atoms with van der Waals surface area (Å²) in [5.74, 6) is 1.98. The van der Waals surface area contributed by atoms with Gasteiger partial charge in [0.25, 0.3) is 5.69 Å². The Bertz CT molecular complexity index is 1570. The van der Waals surface area contributed by atoms with E-state index in [0.29, 0.717) is 0 Å². The van der Waals surface area contributed by atoms with E-state index in [-0.39, 0.29) is 5.41 Å². The molecule has 0 bridgehead atoms. The predicted octanol–water partition coefficient (Wildman–Crippen LogP) is 7.64. The van der Waals surface area contributed by atoms with Gasteiger partial charge in [0.15, 0.2) is 0 Å². The molecule has 0 aliphatic carbocycles. The summed E-state index contributed by atoms with van der Waals surface area (Å²) < 4.78 is 9.15. The van der Waals surface area contributed by atoms with Crippen LogP contribution in [0.2, 0.25) is 0 Å². The molecule has 2 nitrogen and oxygen atoms in total. The van der Waals surface area contributed by atoms with Crippen LogP contribution in [0.4, 0.5) is 0 Å². The van der Waals surface area contributed by atoms with Crippen LogP contribution >= 0.6 is 0 Å². The lowest BCUT2D eigenvalue weighted by Crippen LogP contribution is -2.34. The van der Waals surface area contributed by atoms with E-state index in [1.807, 2.05) is 0 Å². The first kappa shape index (κ1) is 19.3. The van der Waals surface area contributed by atoms with Gasteiger partial charge in [-0.2, -0.15) is 4.57 Å². The van der Waals surface area contributed by atoms with E-state index in [0.717, 1.165) is 17.9 Å². The summed E-state index contributed by atoms with van der Waals surface area (Å²) in [5, 5.41) is 6.32. The molecule has 0 N–H and O–H groups in total. The Morgan fingerprint density at radius 3 is 2.38 bits per heavy atom. The minimum absolute atomic E-state index is 0.124. The van der Waals surface area contributed by atoms with Crippen LogP contribution in [-0.2, 0) is 13.5 Å². The highest BCUT2D eigenvalue weighted by molar-refractivity contribution is 6.10. The summed E-state index contributed by atoms with van der Waals surface area (Å²) in [5.41, 5.74) is 6.45. The molecule has 158 valence electrons. The highest BCUT2D eigenvalue weighted by Crippen LogP contribution is 2.50. The minimum Gasteiger partial charge on any atom is -0.449 e. The smallest absolute Gasteiger partial charge is 0.257 e. The number of aryl methyl sites for hydroxylation is 2. The fourth-order valence-corrected chi connectivity index (χ4v) is 5.43. The molecular weight excluding hydrogens is 390 g/mol. The largest absolute Gasteiger partial charge is 0.449 e. The quantitative estimate of drug-likeness (QED) is 0.197. The maximum atomic E-state index is 6.80. The number of ether oxygens (including phenoxy) is 1. The third-order valence-corrected chi connectivity index (χ3v) is 6.77. The van der Waals surface area contributed by atoms with Crippen molar-refractivity contribution in [2.45, 2.75) is 34.1 Å². The normalized spacial score (nSPS) is 12.9. The molecule has 4 aromatic carbocycles. The fourth-order valence-electron chi connectivity index (χ4n) is 5.43. The van der Waals surface area contributed by atoms with Crippen molar-refractivity contribution in [2.75, 3.05) is 0 Å². The summed E-state index contributed by atoms with van der Waals surface area (Å²) in [6, 6.07) is 24.1. The average molecular weight is 419 g/mol. The number of hydrogen-bond acceptors (Lipinski definition) is 1. The van der Waals surface area contributed by atoms with Gasteiger partial charge in [-0.25, -0.2) is 0 Å². The van der Waals surface area contributed by atoms with Crippen molar-refractivity contribution in [3.8, 4) is 22.8 Å². The van der Waals surface area contributed by atoms with Gasteiger partial charge < -0.3 is 4.74 Å². The molecule has 6 rings (SSSR count). The molecule has 32 heavy (non-hydrogen) atoms. The molecule has 2 heterocycles. The van der Waals surface area contributed by atoms with Crippen molar-refractivity contribution in [1.29, 1.82) is 0 Å². The summed E-state index contributed by atoms with van der Waals surface area (Å²) in [4.78, 5) is 0. The zero-order chi connectivity index (χ0) is 22.2. The molecule has 0 fully saturated rings. The molecule has 0 atom stereocenters. The number of nitrogens with zero attached hydrogens (tertiary/aromatic N) is 1. The number of rotatable bonds is 1. The maximum absolute atomic E-state index is 6.80. The lowest BCUT2D eigenvalue weighted by Gasteiger charge is -2.27. The zero-order valence-corrected chi connectivity index (χ0v) is 19.4. The van der Waals surface area contributed by atoms with E-state index >= 15 is 0 Å². The Balaban J connectivity index is 1.86. The Hall–Kier alpha value is -3.39. The Labute approximate surface area is 189 Å². The zero-order valence-electron chi connectivity index (χ0n) is 19.4. The Morgan fingerprint density at radius 1 is 0.812 bits per heavy atom. The molecule has 1 aliphatic rings. The number of aromatic nitrogens is 1. The van der Waals surface area contributed by atoms with E-state index in [9.17, 15) is 0 Å². The van der Waals surface area contributed by atoms with Gasteiger partial charge in [0, 0.05) is 17.0 Å². The highest BCUT2D eigenvalue weighted by Gasteiger charge is 2.35. The molecule has 5 aromatic rings. The van der Waals surface area contributed by atoms with Crippen LogP contribution in [0, 0.1) is 12.3 Å². The van der Waals surface area contributed by atoms with E-state index in [1.54, 1.807) is 0 Å². The third-order valence-electron chi connectivity index (χ3n) is 6.77. The molecule has 0 amide bonds. The number of benzene rings is 4. The molecule has 0 radical (unpaired) electrons. The van der Waals surface area contributed by atoms with Crippen molar-refractivity contribution in [2.24, 2.45) is 12.5 Å². The van der Waals surface area contributed by atoms with Crippen LogP contribution in [0.1, 0.15) is 31.9 Å². The van der Waals surface area contributed by atoms with E-state index in [1.165, 1.54) is 54.8 Å². The van der Waals surface area contributed by atoms with E-state index < -0.39 is 0 Å². The molecule has 0 unspecified atom stereocenters. The standard InChI is InChI=1S/C30H28NO/c1-18-13-14-20-10-8-12-24-26(20)25(18)28-29(32-24)22(17-30(2,3)4)27-21-11-7-6-9-19(21)15-16-23(27)31(28)5/h6-16H,17H2,1-5H3/q+1. The van der Waals surface area contributed by atoms with Crippen molar-refractivity contribution in [3.05, 3.63) is 77.9 Å². The lowest BCUT2D eigenvalue weighted by molar-refractivity contribution is -0.633. The number of hydrogen-bond donors (Lipinski definition) is 0. The van der Waals surface area contributed by atoms with Crippen LogP contribution in [-0.4, -0.2) is 0 Å². The van der Waals surface area contributed by atoms with Crippen LogP contribution in [0.5, 0.6) is 11.5 Å². The van der Waals surface area contributed by atoms with E-state index in [4.69, 9.17) is 4.74 Å². The molecule has 0 saturated carbocycles. The third kappa shape index (κ3) is 2.69. The number of pyridine rings is 1. The summed E-state index contributed by atoms with van der Waals surface area (Å²) >= 11 is 0. The lowest BCUT2D eigenvalue weighted by atomic mass is 9.83. The first-order valence-corrected chi connectivity index (χ1v) is 11.4. The molecule has 0 saturated heterocycles. The van der Waals surface area contributed by atoms with Crippen molar-refractivity contribution >= 4 is 32.4 Å². The van der Waals surface area contributed by atoms with Gasteiger partial charge in [-0.05, 0) is 52.6 Å². The van der Waals surface area contributed by atoms with Gasteiger partial charge in [0.2, 0.25) is 11.3 Å². The van der Waals surface area contributed by atoms with Crippen LogP contribution < -0.4 is 9.30 Å². The predicted molar refractivity (Wildman–Crippen MR) is 134 cm³/mol. The van der Waals surface area contributed by atoms with Gasteiger partial charge in [-0.3, -0.25) is 0 Å². The SMILES string of the molecule is Cc1ccc2cccc3c2c1-c1c(c(CC(C)(C)C)c2c4ccccc4ccc2[n+]1C)O3. The Kier molecular flexibility index (Phi) is 3.96.